The van der Waals surface area contributed by atoms with Gasteiger partial charge in [-0.15, -0.1) is 11.8 Å². The summed E-state index contributed by atoms with van der Waals surface area (Å²) in [6.45, 7) is 8.97. The lowest BCUT2D eigenvalue weighted by Crippen LogP contribution is -1.96. The molecule has 2 aromatic carbocycles. The highest BCUT2D eigenvalue weighted by Crippen LogP contribution is 2.29. The van der Waals surface area contributed by atoms with Crippen molar-refractivity contribution in [1.82, 2.24) is 4.98 Å². The minimum absolute atomic E-state index is 0.506. The zero-order valence-electron chi connectivity index (χ0n) is 14.9. The third-order valence-electron chi connectivity index (χ3n) is 4.36. The monoisotopic (exact) mass is 335 g/mol. The van der Waals surface area contributed by atoms with Crippen molar-refractivity contribution in [3.8, 4) is 0 Å². The molecule has 0 bridgehead atoms. The fourth-order valence-corrected chi connectivity index (χ4v) is 3.71. The van der Waals surface area contributed by atoms with Crippen molar-refractivity contribution in [2.75, 3.05) is 0 Å². The van der Waals surface area contributed by atoms with E-state index in [0.29, 0.717) is 11.8 Å². The molecule has 124 valence electrons. The number of aromatic nitrogens is 1. The Morgan fingerprint density at radius 3 is 2.25 bits per heavy atom. The van der Waals surface area contributed by atoms with E-state index in [1.165, 1.54) is 21.4 Å². The minimum atomic E-state index is 0.506. The predicted molar refractivity (Wildman–Crippen MR) is 106 cm³/mol. The summed E-state index contributed by atoms with van der Waals surface area (Å²) in [6.07, 6.45) is 0. The lowest BCUT2D eigenvalue weighted by atomic mass is 9.98. The molecule has 1 nitrogen and oxygen atoms in total. The van der Waals surface area contributed by atoms with E-state index in [0.717, 1.165) is 17.0 Å². The van der Waals surface area contributed by atoms with Crippen LogP contribution in [0.2, 0.25) is 0 Å². The summed E-state index contributed by atoms with van der Waals surface area (Å²) in [4.78, 5) is 6.16. The summed E-state index contributed by atoms with van der Waals surface area (Å²) in [6, 6.07) is 19.7. The van der Waals surface area contributed by atoms with Crippen molar-refractivity contribution in [1.29, 1.82) is 0 Å². The van der Waals surface area contributed by atoms with E-state index in [9.17, 15) is 0 Å². The number of hydrogen-bond acceptors (Lipinski definition) is 2. The maximum Gasteiger partial charge on any atom is 0.0708 e. The Kier molecular flexibility index (Phi) is 5.25. The van der Waals surface area contributed by atoms with E-state index in [1.807, 2.05) is 11.8 Å². The molecular formula is C22H25NS. The number of nitrogens with zero attached hydrogens (tertiary/aromatic N) is 1. The van der Waals surface area contributed by atoms with E-state index >= 15 is 0 Å². The van der Waals surface area contributed by atoms with Crippen molar-refractivity contribution >= 4 is 22.7 Å². The van der Waals surface area contributed by atoms with Crippen LogP contribution in [0.1, 0.15) is 56.4 Å². The highest BCUT2D eigenvalue weighted by atomic mass is 32.2. The van der Waals surface area contributed by atoms with E-state index in [-0.39, 0.29) is 0 Å². The zero-order valence-corrected chi connectivity index (χ0v) is 15.7. The Hall–Kier alpha value is -1.80. The van der Waals surface area contributed by atoms with Gasteiger partial charge in [-0.3, -0.25) is 4.98 Å². The van der Waals surface area contributed by atoms with Crippen LogP contribution in [0.4, 0.5) is 0 Å². The Morgan fingerprint density at radius 1 is 0.875 bits per heavy atom. The van der Waals surface area contributed by atoms with Crippen LogP contribution in [-0.2, 0) is 5.75 Å². The number of para-hydroxylation sites is 1. The molecule has 2 heteroatoms. The molecule has 0 aliphatic rings. The molecule has 0 fully saturated rings. The van der Waals surface area contributed by atoms with E-state index in [1.54, 1.807) is 0 Å². The number of fused-ring (bicyclic) bond motifs is 1. The fourth-order valence-electron chi connectivity index (χ4n) is 2.92. The molecule has 0 radical (unpaired) electrons. The second-order valence-electron chi connectivity index (χ2n) is 6.89. The zero-order chi connectivity index (χ0) is 17.1. The van der Waals surface area contributed by atoms with E-state index in [4.69, 9.17) is 4.98 Å². The van der Waals surface area contributed by atoms with Gasteiger partial charge >= 0.3 is 0 Å². The standard InChI is InChI=1S/C22H25NS/c1-15(2)17-9-11-19(12-10-17)24-14-18-13-21(16(3)4)20-7-5-6-8-22(20)23-18/h5-13,15-16H,14H2,1-4H3. The molecule has 0 amide bonds. The first-order valence-corrected chi connectivity index (χ1v) is 9.64. The molecule has 0 aliphatic heterocycles. The predicted octanol–water partition coefficient (Wildman–Crippen LogP) is 6.77. The molecule has 1 aromatic heterocycles. The third-order valence-corrected chi connectivity index (χ3v) is 5.40. The van der Waals surface area contributed by atoms with Gasteiger partial charge in [0.1, 0.15) is 0 Å². The molecule has 0 atom stereocenters. The van der Waals surface area contributed by atoms with E-state index in [2.05, 4.69) is 82.3 Å². The molecule has 0 N–H and O–H groups in total. The number of hydrogen-bond donors (Lipinski definition) is 0. The average Bonchev–Trinajstić information content (AvgIpc) is 2.59. The van der Waals surface area contributed by atoms with Gasteiger partial charge in [-0.1, -0.05) is 58.0 Å². The minimum Gasteiger partial charge on any atom is -0.252 e. The summed E-state index contributed by atoms with van der Waals surface area (Å²) in [7, 11) is 0. The first kappa shape index (κ1) is 17.0. The molecule has 0 spiro atoms. The molecular weight excluding hydrogens is 310 g/mol. The van der Waals surface area contributed by atoms with Gasteiger partial charge in [-0.2, -0.15) is 0 Å². The topological polar surface area (TPSA) is 12.9 Å². The van der Waals surface area contributed by atoms with Gasteiger partial charge in [-0.25, -0.2) is 0 Å². The second kappa shape index (κ2) is 7.40. The lowest BCUT2D eigenvalue weighted by Gasteiger charge is -2.12. The molecule has 0 unspecified atom stereocenters. The smallest absolute Gasteiger partial charge is 0.0708 e. The number of pyridine rings is 1. The van der Waals surface area contributed by atoms with Crippen molar-refractivity contribution in [2.24, 2.45) is 0 Å². The Bertz CT molecular complexity index is 819. The largest absolute Gasteiger partial charge is 0.252 e. The van der Waals surface area contributed by atoms with E-state index < -0.39 is 0 Å². The van der Waals surface area contributed by atoms with Gasteiger partial charge in [0.15, 0.2) is 0 Å². The van der Waals surface area contributed by atoms with Crippen LogP contribution in [0, 0.1) is 0 Å². The number of benzene rings is 2. The summed E-state index contributed by atoms with van der Waals surface area (Å²) < 4.78 is 0. The maximum absolute atomic E-state index is 4.86. The average molecular weight is 336 g/mol. The van der Waals surface area contributed by atoms with Crippen molar-refractivity contribution in [3.05, 3.63) is 71.4 Å². The van der Waals surface area contributed by atoms with Crippen LogP contribution in [0.15, 0.2) is 59.5 Å². The van der Waals surface area contributed by atoms with Gasteiger partial charge in [0.2, 0.25) is 0 Å². The van der Waals surface area contributed by atoms with Crippen LogP contribution in [0.25, 0.3) is 10.9 Å². The second-order valence-corrected chi connectivity index (χ2v) is 7.94. The summed E-state index contributed by atoms with van der Waals surface area (Å²) in [5.41, 5.74) is 5.06. The van der Waals surface area contributed by atoms with Crippen LogP contribution in [-0.4, -0.2) is 4.98 Å². The lowest BCUT2D eigenvalue weighted by molar-refractivity contribution is 0.865. The van der Waals surface area contributed by atoms with Crippen LogP contribution in [0.3, 0.4) is 0 Å². The van der Waals surface area contributed by atoms with Gasteiger partial charge in [0.05, 0.1) is 11.2 Å². The van der Waals surface area contributed by atoms with Crippen LogP contribution < -0.4 is 0 Å². The molecule has 3 rings (SSSR count). The first-order chi connectivity index (χ1) is 11.5. The fraction of sp³-hybridized carbons (Fsp3) is 0.318. The Labute approximate surface area is 149 Å². The summed E-state index contributed by atoms with van der Waals surface area (Å²) in [5.74, 6) is 2.00. The molecule has 24 heavy (non-hydrogen) atoms. The maximum atomic E-state index is 4.86. The molecule has 1 heterocycles. The SMILES string of the molecule is CC(C)c1ccc(SCc2cc(C(C)C)c3ccccc3n2)cc1. The number of rotatable bonds is 5. The Morgan fingerprint density at radius 2 is 1.58 bits per heavy atom. The quantitative estimate of drug-likeness (QED) is 0.477. The van der Waals surface area contributed by atoms with Crippen LogP contribution >= 0.6 is 11.8 Å². The molecule has 3 aromatic rings. The normalized spacial score (nSPS) is 11.6. The van der Waals surface area contributed by atoms with Crippen molar-refractivity contribution in [2.45, 2.75) is 50.2 Å². The molecule has 0 saturated heterocycles. The van der Waals surface area contributed by atoms with Gasteiger partial charge in [0, 0.05) is 16.0 Å². The van der Waals surface area contributed by atoms with Gasteiger partial charge < -0.3 is 0 Å². The first-order valence-electron chi connectivity index (χ1n) is 8.66. The summed E-state index contributed by atoms with van der Waals surface area (Å²) in [5, 5.41) is 1.28. The van der Waals surface area contributed by atoms with Gasteiger partial charge in [-0.05, 0) is 47.2 Å². The molecule has 0 saturated carbocycles. The molecule has 0 aliphatic carbocycles. The number of thioether (sulfide) groups is 1. The summed E-state index contributed by atoms with van der Waals surface area (Å²) >= 11 is 1.86. The Balaban J connectivity index is 1.82. The highest BCUT2D eigenvalue weighted by Gasteiger charge is 2.09. The third kappa shape index (κ3) is 3.81. The highest BCUT2D eigenvalue weighted by molar-refractivity contribution is 7.98. The van der Waals surface area contributed by atoms with Crippen molar-refractivity contribution in [3.63, 3.8) is 0 Å². The van der Waals surface area contributed by atoms with Crippen molar-refractivity contribution < 1.29 is 0 Å². The van der Waals surface area contributed by atoms with Crippen LogP contribution in [0.5, 0.6) is 0 Å². The van der Waals surface area contributed by atoms with Gasteiger partial charge in [0.25, 0.3) is 0 Å².